The molecule has 1 fully saturated rings. The van der Waals surface area contributed by atoms with Gasteiger partial charge in [-0.05, 0) is 91.2 Å². The van der Waals surface area contributed by atoms with Crippen LogP contribution < -0.4 is 4.74 Å². The van der Waals surface area contributed by atoms with Gasteiger partial charge in [-0.3, -0.25) is 0 Å². The zero-order valence-corrected chi connectivity index (χ0v) is 20.8. The molecule has 3 aromatic carbocycles. The first-order chi connectivity index (χ1) is 17.0. The molecule has 0 spiro atoms. The predicted molar refractivity (Wildman–Crippen MR) is 136 cm³/mol. The molecule has 0 bridgehead atoms. The second-order valence-electron chi connectivity index (χ2n) is 9.78. The van der Waals surface area contributed by atoms with E-state index in [-0.39, 0.29) is 17.7 Å². The minimum atomic E-state index is -0.768. The van der Waals surface area contributed by atoms with Crippen LogP contribution >= 0.6 is 0 Å². The highest BCUT2D eigenvalue weighted by Gasteiger charge is 2.27. The minimum absolute atomic E-state index is 0.00754. The van der Waals surface area contributed by atoms with E-state index in [0.29, 0.717) is 29.0 Å². The molecule has 0 aliphatic heterocycles. The van der Waals surface area contributed by atoms with Crippen LogP contribution in [0.15, 0.2) is 54.6 Å². The van der Waals surface area contributed by atoms with Crippen LogP contribution in [0.2, 0.25) is 0 Å². The Balaban J connectivity index is 1.34. The Morgan fingerprint density at radius 2 is 1.51 bits per heavy atom. The summed E-state index contributed by atoms with van der Waals surface area (Å²) < 4.78 is 50.2. The normalized spacial score (nSPS) is 18.0. The molecule has 0 atom stereocenters. The van der Waals surface area contributed by atoms with E-state index in [1.54, 1.807) is 24.3 Å². The van der Waals surface area contributed by atoms with Gasteiger partial charge in [-0.15, -0.1) is 0 Å². The second kappa shape index (κ2) is 11.8. The number of rotatable bonds is 9. The number of unbranched alkanes of at least 4 members (excludes halogenated alkanes) is 1. The Morgan fingerprint density at radius 3 is 2.17 bits per heavy atom. The quantitative estimate of drug-likeness (QED) is 0.297. The first kappa shape index (κ1) is 25.3. The summed E-state index contributed by atoms with van der Waals surface area (Å²) in [6, 6.07) is 16.3. The maximum atomic E-state index is 15.1. The average Bonchev–Trinajstić information content (AvgIpc) is 2.89. The Hall–Kier alpha value is -2.75. The highest BCUT2D eigenvalue weighted by molar-refractivity contribution is 5.65. The smallest absolute Gasteiger partial charge is 0.166 e. The molecular weight excluding hydrogens is 445 g/mol. The molecule has 0 aromatic heterocycles. The lowest BCUT2D eigenvalue weighted by atomic mass is 9.78. The highest BCUT2D eigenvalue weighted by atomic mass is 19.2. The second-order valence-corrected chi connectivity index (χ2v) is 9.78. The molecule has 1 saturated carbocycles. The molecule has 0 N–H and O–H groups in total. The Bertz CT molecular complexity index is 1110. The molecule has 4 rings (SSSR count). The average molecular weight is 481 g/mol. The van der Waals surface area contributed by atoms with Gasteiger partial charge < -0.3 is 4.74 Å². The number of aryl methyl sites for hydroxylation is 2. The van der Waals surface area contributed by atoms with Crippen molar-refractivity contribution in [2.45, 2.75) is 71.1 Å². The lowest BCUT2D eigenvalue weighted by molar-refractivity contribution is 0.193. The standard InChI is InChI=1S/C31H35F3O/c1-3-5-6-22-11-18-29(28(32)19-22)35-20-23-9-14-25(15-10-23)27-17-16-26(30(33)31(27)34)24-12-7-21(4-2)8-13-24/h7-8,11-13,16-19,23,25H,3-6,9-10,14-15,20H2,1-2H3. The summed E-state index contributed by atoms with van der Waals surface area (Å²) in [6.45, 7) is 4.63. The van der Waals surface area contributed by atoms with Gasteiger partial charge in [-0.25, -0.2) is 13.2 Å². The van der Waals surface area contributed by atoms with Crippen molar-refractivity contribution in [3.8, 4) is 16.9 Å². The highest BCUT2D eigenvalue weighted by Crippen LogP contribution is 2.39. The summed E-state index contributed by atoms with van der Waals surface area (Å²) in [5.41, 5.74) is 3.62. The van der Waals surface area contributed by atoms with Gasteiger partial charge in [0, 0.05) is 5.56 Å². The summed E-state index contributed by atoms with van der Waals surface area (Å²) in [5, 5.41) is 0. The Labute approximate surface area is 207 Å². The van der Waals surface area contributed by atoms with Crippen LogP contribution in [-0.2, 0) is 12.8 Å². The fraction of sp³-hybridized carbons (Fsp3) is 0.419. The van der Waals surface area contributed by atoms with Crippen LogP contribution in [-0.4, -0.2) is 6.61 Å². The Morgan fingerprint density at radius 1 is 0.800 bits per heavy atom. The van der Waals surface area contributed by atoms with Crippen molar-refractivity contribution >= 4 is 0 Å². The zero-order valence-electron chi connectivity index (χ0n) is 20.8. The fourth-order valence-electron chi connectivity index (χ4n) is 5.07. The minimum Gasteiger partial charge on any atom is -0.490 e. The van der Waals surface area contributed by atoms with Gasteiger partial charge in [-0.1, -0.05) is 62.7 Å². The molecule has 35 heavy (non-hydrogen) atoms. The van der Waals surface area contributed by atoms with Crippen LogP contribution in [0.25, 0.3) is 11.1 Å². The van der Waals surface area contributed by atoms with Crippen molar-refractivity contribution < 1.29 is 17.9 Å². The van der Waals surface area contributed by atoms with Gasteiger partial charge in [0.1, 0.15) is 0 Å². The largest absolute Gasteiger partial charge is 0.490 e. The van der Waals surface area contributed by atoms with E-state index in [0.717, 1.165) is 56.9 Å². The van der Waals surface area contributed by atoms with E-state index in [1.165, 1.54) is 5.56 Å². The lowest BCUT2D eigenvalue weighted by Crippen LogP contribution is -2.20. The third-order valence-corrected chi connectivity index (χ3v) is 7.36. The van der Waals surface area contributed by atoms with Crippen molar-refractivity contribution in [3.63, 3.8) is 0 Å². The summed E-state index contributed by atoms with van der Waals surface area (Å²) in [4.78, 5) is 0. The van der Waals surface area contributed by atoms with Crippen LogP contribution in [0, 0.1) is 23.4 Å². The molecule has 1 aliphatic rings. The number of hydrogen-bond acceptors (Lipinski definition) is 1. The van der Waals surface area contributed by atoms with E-state index >= 15 is 4.39 Å². The van der Waals surface area contributed by atoms with Gasteiger partial charge in [0.15, 0.2) is 23.2 Å². The van der Waals surface area contributed by atoms with Gasteiger partial charge in [0.2, 0.25) is 0 Å². The van der Waals surface area contributed by atoms with Crippen LogP contribution in [0.5, 0.6) is 5.75 Å². The summed E-state index contributed by atoms with van der Waals surface area (Å²) >= 11 is 0. The number of hydrogen-bond donors (Lipinski definition) is 0. The van der Waals surface area contributed by atoms with Gasteiger partial charge in [-0.2, -0.15) is 0 Å². The molecule has 0 saturated heterocycles. The number of benzene rings is 3. The van der Waals surface area contributed by atoms with Gasteiger partial charge in [0.05, 0.1) is 6.61 Å². The molecule has 3 aromatic rings. The van der Waals surface area contributed by atoms with E-state index < -0.39 is 11.6 Å². The van der Waals surface area contributed by atoms with Crippen molar-refractivity contribution in [1.82, 2.24) is 0 Å². The predicted octanol–water partition coefficient (Wildman–Crippen LogP) is 9.03. The maximum Gasteiger partial charge on any atom is 0.166 e. The summed E-state index contributed by atoms with van der Waals surface area (Å²) in [6.07, 6.45) is 7.15. The first-order valence-electron chi connectivity index (χ1n) is 13.0. The molecule has 0 radical (unpaired) electrons. The molecule has 0 unspecified atom stereocenters. The molecule has 4 heteroatoms. The summed E-state index contributed by atoms with van der Waals surface area (Å²) in [7, 11) is 0. The monoisotopic (exact) mass is 480 g/mol. The van der Waals surface area contributed by atoms with Crippen LogP contribution in [0.3, 0.4) is 0 Å². The molecular formula is C31H35F3O. The Kier molecular flexibility index (Phi) is 8.54. The van der Waals surface area contributed by atoms with Crippen molar-refractivity contribution in [2.24, 2.45) is 5.92 Å². The lowest BCUT2D eigenvalue weighted by Gasteiger charge is -2.29. The van der Waals surface area contributed by atoms with Crippen molar-refractivity contribution in [3.05, 3.63) is 88.7 Å². The SMILES string of the molecule is CCCCc1ccc(OCC2CCC(c3ccc(-c4ccc(CC)cc4)c(F)c3F)CC2)c(F)c1. The molecule has 186 valence electrons. The third-order valence-electron chi connectivity index (χ3n) is 7.36. The molecule has 1 aliphatic carbocycles. The van der Waals surface area contributed by atoms with Crippen molar-refractivity contribution in [2.75, 3.05) is 6.61 Å². The summed E-state index contributed by atoms with van der Waals surface area (Å²) in [5.74, 6) is -1.24. The van der Waals surface area contributed by atoms with Crippen LogP contribution in [0.1, 0.15) is 75.0 Å². The van der Waals surface area contributed by atoms with E-state index in [9.17, 15) is 8.78 Å². The van der Waals surface area contributed by atoms with Crippen molar-refractivity contribution in [1.29, 1.82) is 0 Å². The third kappa shape index (κ3) is 6.09. The van der Waals surface area contributed by atoms with E-state index in [2.05, 4.69) is 13.8 Å². The van der Waals surface area contributed by atoms with Crippen LogP contribution in [0.4, 0.5) is 13.2 Å². The topological polar surface area (TPSA) is 9.23 Å². The number of halogens is 3. The fourth-order valence-corrected chi connectivity index (χ4v) is 5.07. The maximum absolute atomic E-state index is 15.1. The molecule has 0 heterocycles. The number of ether oxygens (including phenoxy) is 1. The zero-order chi connectivity index (χ0) is 24.8. The van der Waals surface area contributed by atoms with Gasteiger partial charge >= 0.3 is 0 Å². The molecule has 1 nitrogen and oxygen atoms in total. The van der Waals surface area contributed by atoms with E-state index in [1.807, 2.05) is 30.3 Å². The first-order valence-corrected chi connectivity index (χ1v) is 13.0. The van der Waals surface area contributed by atoms with Gasteiger partial charge in [0.25, 0.3) is 0 Å². The van der Waals surface area contributed by atoms with E-state index in [4.69, 9.17) is 4.74 Å². The molecule has 0 amide bonds.